The zero-order valence-electron chi connectivity index (χ0n) is 20.0. The molecule has 4 rings (SSSR count). The number of carbonyl (C=O) groups excluding carboxylic acids is 1. The molecule has 1 aliphatic heterocycles. The molecular formula is C28H35N3O2. The van der Waals surface area contributed by atoms with Crippen molar-refractivity contribution in [3.8, 4) is 5.75 Å². The summed E-state index contributed by atoms with van der Waals surface area (Å²) in [4.78, 5) is 15.2. The number of Topliss-reactive ketones (excluding diaryl/α,β-unsaturated/α-hetero) is 1. The maximum atomic E-state index is 12.8. The lowest BCUT2D eigenvalue weighted by Crippen LogP contribution is -2.42. The largest absolute Gasteiger partial charge is 0.490 e. The molecule has 1 saturated heterocycles. The molecule has 0 unspecified atom stereocenters. The average molecular weight is 446 g/mol. The van der Waals surface area contributed by atoms with Gasteiger partial charge in [-0.05, 0) is 88.0 Å². The highest BCUT2D eigenvalue weighted by Gasteiger charge is 2.44. The Hall–Kier alpha value is -2.92. The lowest BCUT2D eigenvalue weighted by atomic mass is 9.61. The number of nitrogens with one attached hydrogen (secondary N) is 2. The molecule has 0 bridgehead atoms. The Morgan fingerprint density at radius 3 is 2.45 bits per heavy atom. The third-order valence-corrected chi connectivity index (χ3v) is 7.33. The highest BCUT2D eigenvalue weighted by atomic mass is 16.5. The van der Waals surface area contributed by atoms with Gasteiger partial charge in [0.05, 0.1) is 5.41 Å². The lowest BCUT2D eigenvalue weighted by molar-refractivity contribution is -0.125. The first-order valence-corrected chi connectivity index (χ1v) is 12.0. The SMILES string of the molecule is CC(=O)C1(c2cc(/C(=C/C=N)Nc3ccccc3)cc(OC3CCN(C)CC3)c2C)CCC1. The molecule has 1 aliphatic carbocycles. The third kappa shape index (κ3) is 4.88. The van der Waals surface area contributed by atoms with Crippen LogP contribution in [-0.2, 0) is 10.2 Å². The number of benzene rings is 2. The van der Waals surface area contributed by atoms with E-state index in [1.165, 1.54) is 6.21 Å². The van der Waals surface area contributed by atoms with Crippen LogP contribution >= 0.6 is 0 Å². The Balaban J connectivity index is 1.77. The summed E-state index contributed by atoms with van der Waals surface area (Å²) in [7, 11) is 2.15. The van der Waals surface area contributed by atoms with E-state index in [2.05, 4.69) is 36.3 Å². The van der Waals surface area contributed by atoms with Gasteiger partial charge in [-0.3, -0.25) is 4.79 Å². The van der Waals surface area contributed by atoms with Gasteiger partial charge in [0, 0.05) is 36.3 Å². The minimum absolute atomic E-state index is 0.176. The Morgan fingerprint density at radius 2 is 1.88 bits per heavy atom. The molecule has 2 aromatic rings. The molecule has 0 aromatic heterocycles. The van der Waals surface area contributed by atoms with Crippen molar-refractivity contribution < 1.29 is 9.53 Å². The first-order chi connectivity index (χ1) is 15.9. The molecule has 174 valence electrons. The molecule has 2 fully saturated rings. The van der Waals surface area contributed by atoms with Gasteiger partial charge in [0.15, 0.2) is 0 Å². The van der Waals surface area contributed by atoms with Crippen molar-refractivity contribution in [2.75, 3.05) is 25.5 Å². The smallest absolute Gasteiger partial charge is 0.140 e. The predicted molar refractivity (Wildman–Crippen MR) is 135 cm³/mol. The van der Waals surface area contributed by atoms with E-state index >= 15 is 0 Å². The molecular weight excluding hydrogens is 410 g/mol. The maximum Gasteiger partial charge on any atom is 0.140 e. The number of hydrogen-bond donors (Lipinski definition) is 2. The standard InChI is InChI=1S/C28H35N3O2/c1-20-25(28(21(2)32)13-7-14-28)18-22(19-27(20)33-24-11-16-31(3)17-12-24)26(10-15-29)30-23-8-5-4-6-9-23/h4-6,8-10,15,18-19,24,29-30H,7,11-14,16-17H2,1-3H3/b26-10-,29-15?. The number of nitrogens with zero attached hydrogens (tertiary/aromatic N) is 1. The number of piperidine rings is 1. The van der Waals surface area contributed by atoms with Crippen LogP contribution in [0.4, 0.5) is 5.69 Å². The van der Waals surface area contributed by atoms with Crippen LogP contribution < -0.4 is 10.1 Å². The molecule has 1 saturated carbocycles. The topological polar surface area (TPSA) is 65.4 Å². The van der Waals surface area contributed by atoms with Crippen LogP contribution in [-0.4, -0.2) is 43.1 Å². The first kappa shape index (κ1) is 23.2. The van der Waals surface area contributed by atoms with Crippen LogP contribution in [0.1, 0.15) is 55.7 Å². The fourth-order valence-electron chi connectivity index (χ4n) is 5.06. The quantitative estimate of drug-likeness (QED) is 0.521. The minimum Gasteiger partial charge on any atom is -0.490 e. The second-order valence-electron chi connectivity index (χ2n) is 9.50. The number of carbonyl (C=O) groups is 1. The van der Waals surface area contributed by atoms with E-state index in [0.29, 0.717) is 0 Å². The molecule has 1 heterocycles. The van der Waals surface area contributed by atoms with Gasteiger partial charge in [0.25, 0.3) is 0 Å². The lowest BCUT2D eigenvalue weighted by Gasteiger charge is -2.42. The summed E-state index contributed by atoms with van der Waals surface area (Å²) in [5.41, 5.74) is 4.44. The Kier molecular flexibility index (Phi) is 6.99. The number of ketones is 1. The number of ether oxygens (including phenoxy) is 1. The summed E-state index contributed by atoms with van der Waals surface area (Å²) >= 11 is 0. The Labute approximate surface area is 197 Å². The van der Waals surface area contributed by atoms with Crippen molar-refractivity contribution in [1.82, 2.24) is 4.90 Å². The number of anilines is 1. The normalized spacial score (nSPS) is 18.9. The summed E-state index contributed by atoms with van der Waals surface area (Å²) in [5, 5.41) is 11.2. The van der Waals surface area contributed by atoms with Gasteiger partial charge in [-0.1, -0.05) is 24.6 Å². The summed E-state index contributed by atoms with van der Waals surface area (Å²) in [6, 6.07) is 14.2. The second-order valence-corrected chi connectivity index (χ2v) is 9.50. The highest BCUT2D eigenvalue weighted by molar-refractivity contribution is 5.92. The molecule has 0 amide bonds. The Bertz CT molecular complexity index is 1030. The van der Waals surface area contributed by atoms with Crippen LogP contribution in [0.15, 0.2) is 48.5 Å². The molecule has 0 spiro atoms. The van der Waals surface area contributed by atoms with Crippen LogP contribution in [0.2, 0.25) is 0 Å². The van der Waals surface area contributed by atoms with Crippen LogP contribution in [0.3, 0.4) is 0 Å². The molecule has 2 aromatic carbocycles. The van der Waals surface area contributed by atoms with E-state index in [1.54, 1.807) is 13.0 Å². The molecule has 0 atom stereocenters. The Morgan fingerprint density at radius 1 is 1.18 bits per heavy atom. The molecule has 0 radical (unpaired) electrons. The number of allylic oxidation sites excluding steroid dienone is 1. The molecule has 5 nitrogen and oxygen atoms in total. The van der Waals surface area contributed by atoms with Gasteiger partial charge in [-0.2, -0.15) is 0 Å². The molecule has 33 heavy (non-hydrogen) atoms. The first-order valence-electron chi connectivity index (χ1n) is 12.0. The number of likely N-dealkylation sites (tertiary alicyclic amines) is 1. The van der Waals surface area contributed by atoms with Gasteiger partial charge < -0.3 is 20.4 Å². The predicted octanol–water partition coefficient (Wildman–Crippen LogP) is 5.58. The number of rotatable bonds is 8. The van der Waals surface area contributed by atoms with Crippen molar-refractivity contribution in [3.05, 3.63) is 65.2 Å². The van der Waals surface area contributed by atoms with Gasteiger partial charge in [-0.15, -0.1) is 0 Å². The van der Waals surface area contributed by atoms with Gasteiger partial charge in [0.1, 0.15) is 17.6 Å². The van der Waals surface area contributed by atoms with E-state index in [9.17, 15) is 4.79 Å². The van der Waals surface area contributed by atoms with Crippen LogP contribution in [0.25, 0.3) is 5.70 Å². The fourth-order valence-corrected chi connectivity index (χ4v) is 5.06. The van der Waals surface area contributed by atoms with Crippen molar-refractivity contribution in [1.29, 1.82) is 5.41 Å². The van der Waals surface area contributed by atoms with Crippen molar-refractivity contribution in [2.45, 2.75) is 57.5 Å². The van der Waals surface area contributed by atoms with E-state index in [0.717, 1.165) is 79.0 Å². The molecule has 2 aliphatic rings. The third-order valence-electron chi connectivity index (χ3n) is 7.33. The van der Waals surface area contributed by atoms with E-state index in [1.807, 2.05) is 30.3 Å². The van der Waals surface area contributed by atoms with Gasteiger partial charge in [0.2, 0.25) is 0 Å². The monoisotopic (exact) mass is 445 g/mol. The zero-order chi connectivity index (χ0) is 23.4. The van der Waals surface area contributed by atoms with Gasteiger partial charge >= 0.3 is 0 Å². The summed E-state index contributed by atoms with van der Waals surface area (Å²) in [6.07, 6.45) is 8.08. The summed E-state index contributed by atoms with van der Waals surface area (Å²) in [5.74, 6) is 1.09. The average Bonchev–Trinajstić information content (AvgIpc) is 2.77. The summed E-state index contributed by atoms with van der Waals surface area (Å²) in [6.45, 7) is 5.88. The number of para-hydroxylation sites is 1. The molecule has 2 N–H and O–H groups in total. The van der Waals surface area contributed by atoms with Crippen LogP contribution in [0.5, 0.6) is 5.75 Å². The summed E-state index contributed by atoms with van der Waals surface area (Å²) < 4.78 is 6.59. The fraction of sp³-hybridized carbons (Fsp3) is 0.429. The van der Waals surface area contributed by atoms with E-state index in [4.69, 9.17) is 10.1 Å². The van der Waals surface area contributed by atoms with E-state index < -0.39 is 5.41 Å². The van der Waals surface area contributed by atoms with Crippen molar-refractivity contribution in [3.63, 3.8) is 0 Å². The van der Waals surface area contributed by atoms with E-state index in [-0.39, 0.29) is 11.9 Å². The van der Waals surface area contributed by atoms with Crippen LogP contribution in [0, 0.1) is 12.3 Å². The number of hydrogen-bond acceptors (Lipinski definition) is 5. The minimum atomic E-state index is -0.423. The maximum absolute atomic E-state index is 12.8. The molecule has 5 heteroatoms. The zero-order valence-corrected chi connectivity index (χ0v) is 20.0. The highest BCUT2D eigenvalue weighted by Crippen LogP contribution is 2.48. The van der Waals surface area contributed by atoms with Crippen molar-refractivity contribution in [2.24, 2.45) is 0 Å². The van der Waals surface area contributed by atoms with Gasteiger partial charge in [-0.25, -0.2) is 0 Å². The van der Waals surface area contributed by atoms with Crippen molar-refractivity contribution >= 4 is 23.4 Å². The second kappa shape index (κ2) is 9.92.